The first-order valence-corrected chi connectivity index (χ1v) is 7.68. The van der Waals surface area contributed by atoms with Crippen molar-refractivity contribution in [2.45, 2.75) is 37.5 Å². The van der Waals surface area contributed by atoms with E-state index in [9.17, 15) is 9.90 Å². The average Bonchev–Trinajstić information content (AvgIpc) is 3.40. The lowest BCUT2D eigenvalue weighted by molar-refractivity contribution is -0.254. The Morgan fingerprint density at radius 2 is 1.43 bits per heavy atom. The molecule has 2 fully saturated rings. The van der Waals surface area contributed by atoms with Crippen LogP contribution in [0.2, 0.25) is 0 Å². The molecule has 0 N–H and O–H groups in total. The molecule has 0 aliphatic heterocycles. The number of hydrogen-bond acceptors (Lipinski definition) is 2. The molecular formula is C19H17O2-. The fourth-order valence-electron chi connectivity index (χ4n) is 3.00. The van der Waals surface area contributed by atoms with Gasteiger partial charge in [-0.2, -0.15) is 0 Å². The van der Waals surface area contributed by atoms with E-state index in [4.69, 9.17) is 0 Å². The van der Waals surface area contributed by atoms with E-state index >= 15 is 0 Å². The van der Waals surface area contributed by atoms with Crippen molar-refractivity contribution in [3.63, 3.8) is 0 Å². The molecule has 0 atom stereocenters. The van der Waals surface area contributed by atoms with Crippen LogP contribution in [-0.2, 0) is 0 Å². The number of carboxylic acid groups (broad SMARTS) is 1. The van der Waals surface area contributed by atoms with Crippen molar-refractivity contribution < 1.29 is 9.90 Å². The second-order valence-corrected chi connectivity index (χ2v) is 6.26. The summed E-state index contributed by atoms with van der Waals surface area (Å²) < 4.78 is 0. The minimum absolute atomic E-state index is 0.318. The lowest BCUT2D eigenvalue weighted by atomic mass is 9.95. The van der Waals surface area contributed by atoms with E-state index in [1.54, 1.807) is 6.07 Å². The number of rotatable bonds is 4. The molecule has 2 aromatic carbocycles. The summed E-state index contributed by atoms with van der Waals surface area (Å²) in [6.07, 6.45) is 4.89. The molecule has 2 aliphatic carbocycles. The second-order valence-electron chi connectivity index (χ2n) is 6.26. The largest absolute Gasteiger partial charge is 0.545 e. The van der Waals surface area contributed by atoms with Gasteiger partial charge >= 0.3 is 0 Å². The smallest absolute Gasteiger partial charge is 0.0721 e. The van der Waals surface area contributed by atoms with E-state index in [2.05, 4.69) is 18.2 Å². The van der Waals surface area contributed by atoms with Crippen LogP contribution in [0.25, 0.3) is 11.1 Å². The van der Waals surface area contributed by atoms with Crippen LogP contribution in [0.3, 0.4) is 0 Å². The van der Waals surface area contributed by atoms with Gasteiger partial charge in [0, 0.05) is 5.56 Å². The number of benzene rings is 2. The molecule has 0 saturated heterocycles. The summed E-state index contributed by atoms with van der Waals surface area (Å²) >= 11 is 0. The van der Waals surface area contributed by atoms with Gasteiger partial charge in [0.15, 0.2) is 0 Å². The highest BCUT2D eigenvalue weighted by molar-refractivity contribution is 5.95. The Kier molecular flexibility index (Phi) is 2.85. The van der Waals surface area contributed by atoms with Crippen LogP contribution in [0.4, 0.5) is 0 Å². The van der Waals surface area contributed by atoms with Crippen LogP contribution in [0.15, 0.2) is 42.5 Å². The molecule has 0 aromatic heterocycles. The van der Waals surface area contributed by atoms with E-state index in [1.807, 2.05) is 18.2 Å². The van der Waals surface area contributed by atoms with Gasteiger partial charge in [-0.3, -0.25) is 0 Å². The fourth-order valence-corrected chi connectivity index (χ4v) is 3.00. The van der Waals surface area contributed by atoms with E-state index in [0.717, 1.165) is 22.6 Å². The standard InChI is InChI=1S/C19H18O2/c20-19(21)18-11-16(14-3-4-14)9-10-17(18)15-7-5-13(6-8-15)12-1-2-12/h5-12,14H,1-4H2,(H,20,21)/p-1. The summed E-state index contributed by atoms with van der Waals surface area (Å²) in [6.45, 7) is 0. The van der Waals surface area contributed by atoms with Crippen molar-refractivity contribution in [2.75, 3.05) is 0 Å². The monoisotopic (exact) mass is 277 g/mol. The SMILES string of the molecule is O=C([O-])c1cc(C2CC2)ccc1-c1ccc(C2CC2)cc1. The zero-order valence-electron chi connectivity index (χ0n) is 11.8. The molecule has 0 radical (unpaired) electrons. The molecule has 2 heteroatoms. The number of aromatic carboxylic acids is 1. The first-order valence-electron chi connectivity index (χ1n) is 7.68. The fraction of sp³-hybridized carbons (Fsp3) is 0.316. The molecule has 2 aromatic rings. The Bertz CT molecular complexity index is 692. The van der Waals surface area contributed by atoms with Gasteiger partial charge in [-0.15, -0.1) is 0 Å². The van der Waals surface area contributed by atoms with Crippen LogP contribution in [0.5, 0.6) is 0 Å². The third-order valence-corrected chi connectivity index (χ3v) is 4.58. The Hall–Kier alpha value is -2.09. The zero-order valence-corrected chi connectivity index (χ0v) is 11.8. The van der Waals surface area contributed by atoms with Crippen molar-refractivity contribution in [2.24, 2.45) is 0 Å². The van der Waals surface area contributed by atoms with Crippen molar-refractivity contribution in [3.8, 4) is 11.1 Å². The molecule has 106 valence electrons. The van der Waals surface area contributed by atoms with E-state index in [-0.39, 0.29) is 0 Å². The summed E-state index contributed by atoms with van der Waals surface area (Å²) in [4.78, 5) is 11.5. The van der Waals surface area contributed by atoms with E-state index < -0.39 is 5.97 Å². The van der Waals surface area contributed by atoms with Gasteiger partial charge in [-0.05, 0) is 65.8 Å². The van der Waals surface area contributed by atoms with Gasteiger partial charge in [0.05, 0.1) is 5.97 Å². The van der Waals surface area contributed by atoms with Crippen LogP contribution in [0.1, 0.15) is 59.0 Å². The van der Waals surface area contributed by atoms with Gasteiger partial charge in [-0.25, -0.2) is 0 Å². The van der Waals surface area contributed by atoms with Gasteiger partial charge in [0.1, 0.15) is 0 Å². The highest BCUT2D eigenvalue weighted by atomic mass is 16.4. The highest BCUT2D eigenvalue weighted by Gasteiger charge is 2.25. The van der Waals surface area contributed by atoms with Gasteiger partial charge < -0.3 is 9.90 Å². The number of carbonyl (C=O) groups is 1. The second kappa shape index (κ2) is 4.73. The maximum Gasteiger partial charge on any atom is 0.0721 e. The summed E-state index contributed by atoms with van der Waals surface area (Å²) in [7, 11) is 0. The van der Waals surface area contributed by atoms with Crippen LogP contribution in [0, 0.1) is 0 Å². The molecule has 0 bridgehead atoms. The van der Waals surface area contributed by atoms with Gasteiger partial charge in [0.2, 0.25) is 0 Å². The predicted molar refractivity (Wildman–Crippen MR) is 80.2 cm³/mol. The molecule has 2 saturated carbocycles. The molecule has 4 rings (SSSR count). The van der Waals surface area contributed by atoms with Crippen molar-refractivity contribution >= 4 is 5.97 Å². The Labute approximate surface area is 124 Å². The molecule has 0 spiro atoms. The molecule has 2 nitrogen and oxygen atoms in total. The van der Waals surface area contributed by atoms with Crippen molar-refractivity contribution in [3.05, 3.63) is 59.2 Å². The summed E-state index contributed by atoms with van der Waals surface area (Å²) in [5.74, 6) is 0.185. The normalized spacial score (nSPS) is 17.7. The molecule has 2 aliphatic rings. The lowest BCUT2D eigenvalue weighted by Crippen LogP contribution is -2.23. The van der Waals surface area contributed by atoms with Crippen LogP contribution < -0.4 is 5.11 Å². The van der Waals surface area contributed by atoms with Crippen LogP contribution >= 0.6 is 0 Å². The van der Waals surface area contributed by atoms with Crippen molar-refractivity contribution in [1.82, 2.24) is 0 Å². The lowest BCUT2D eigenvalue weighted by Gasteiger charge is -2.13. The zero-order chi connectivity index (χ0) is 14.4. The first-order chi connectivity index (χ1) is 10.2. The van der Waals surface area contributed by atoms with E-state index in [0.29, 0.717) is 11.5 Å². The Balaban J connectivity index is 1.73. The highest BCUT2D eigenvalue weighted by Crippen LogP contribution is 2.42. The quantitative estimate of drug-likeness (QED) is 0.858. The van der Waals surface area contributed by atoms with Crippen molar-refractivity contribution in [1.29, 1.82) is 0 Å². The maximum absolute atomic E-state index is 11.5. The third kappa shape index (κ3) is 2.46. The summed E-state index contributed by atoms with van der Waals surface area (Å²) in [6, 6.07) is 14.1. The van der Waals surface area contributed by atoms with Gasteiger partial charge in [0.25, 0.3) is 0 Å². The minimum atomic E-state index is -1.08. The summed E-state index contributed by atoms with van der Waals surface area (Å²) in [5, 5.41) is 11.5. The topological polar surface area (TPSA) is 40.1 Å². The van der Waals surface area contributed by atoms with Gasteiger partial charge in [-0.1, -0.05) is 36.4 Å². The maximum atomic E-state index is 11.5. The number of hydrogen-bond donors (Lipinski definition) is 0. The average molecular weight is 277 g/mol. The minimum Gasteiger partial charge on any atom is -0.545 e. The molecule has 0 heterocycles. The molecule has 21 heavy (non-hydrogen) atoms. The molecule has 0 amide bonds. The first kappa shape index (κ1) is 12.6. The van der Waals surface area contributed by atoms with Crippen LogP contribution in [-0.4, -0.2) is 5.97 Å². The Morgan fingerprint density at radius 3 is 2.00 bits per heavy atom. The van der Waals surface area contributed by atoms with E-state index in [1.165, 1.54) is 31.2 Å². The predicted octanol–water partition coefficient (Wildman–Crippen LogP) is 3.47. The summed E-state index contributed by atoms with van der Waals surface area (Å²) in [5.41, 5.74) is 4.54. The Morgan fingerprint density at radius 1 is 0.857 bits per heavy atom. The number of carbonyl (C=O) groups excluding carboxylic acids is 1. The molecule has 0 unspecified atom stereocenters. The molecular weight excluding hydrogens is 260 g/mol. The number of carboxylic acids is 1. The third-order valence-electron chi connectivity index (χ3n) is 4.58.